The zero-order valence-corrected chi connectivity index (χ0v) is 7.56. The fourth-order valence-electron chi connectivity index (χ4n) is 1.52. The number of allylic oxidation sites excluding steroid dienone is 1. The van der Waals surface area contributed by atoms with E-state index >= 15 is 0 Å². The molecular weight excluding hydrogens is 160 g/mol. The molecule has 1 N–H and O–H groups in total. The first-order valence-electron chi connectivity index (χ1n) is 4.74. The summed E-state index contributed by atoms with van der Waals surface area (Å²) >= 11 is 0. The van der Waals surface area contributed by atoms with Crippen molar-refractivity contribution in [2.75, 3.05) is 6.61 Å². The van der Waals surface area contributed by atoms with Gasteiger partial charge in [0.05, 0.1) is 0 Å². The number of hydrogen-bond donors (Lipinski definition) is 1. The summed E-state index contributed by atoms with van der Waals surface area (Å²) in [5.74, 6) is 1.14. The first kappa shape index (κ1) is 8.52. The second kappa shape index (κ2) is 3.75. The SMILES string of the molecule is OCC1CC1/C=C/c1ccccc1. The lowest BCUT2D eigenvalue weighted by Crippen LogP contribution is -1.85. The summed E-state index contributed by atoms with van der Waals surface area (Å²) in [6.07, 6.45) is 5.50. The summed E-state index contributed by atoms with van der Waals surface area (Å²) in [7, 11) is 0. The van der Waals surface area contributed by atoms with E-state index in [0.29, 0.717) is 18.4 Å². The molecule has 0 bridgehead atoms. The highest BCUT2D eigenvalue weighted by molar-refractivity contribution is 5.49. The van der Waals surface area contributed by atoms with Gasteiger partial charge in [-0.1, -0.05) is 42.5 Å². The molecule has 2 rings (SSSR count). The molecular formula is C12H14O. The number of hydrogen-bond acceptors (Lipinski definition) is 1. The Morgan fingerprint density at radius 1 is 1.31 bits per heavy atom. The molecule has 0 amide bonds. The van der Waals surface area contributed by atoms with Crippen molar-refractivity contribution in [2.24, 2.45) is 11.8 Å². The van der Waals surface area contributed by atoms with Gasteiger partial charge in [-0.25, -0.2) is 0 Å². The molecule has 68 valence electrons. The number of benzene rings is 1. The molecule has 1 aliphatic carbocycles. The maximum atomic E-state index is 8.84. The highest BCUT2D eigenvalue weighted by atomic mass is 16.3. The lowest BCUT2D eigenvalue weighted by atomic mass is 10.2. The number of aliphatic hydroxyl groups is 1. The van der Waals surface area contributed by atoms with Crippen molar-refractivity contribution in [3.63, 3.8) is 0 Å². The minimum absolute atomic E-state index is 0.337. The Labute approximate surface area is 78.7 Å². The highest BCUT2D eigenvalue weighted by Crippen LogP contribution is 2.39. The van der Waals surface area contributed by atoms with Crippen molar-refractivity contribution in [2.45, 2.75) is 6.42 Å². The largest absolute Gasteiger partial charge is 0.396 e. The van der Waals surface area contributed by atoms with Gasteiger partial charge in [0.2, 0.25) is 0 Å². The van der Waals surface area contributed by atoms with Gasteiger partial charge in [-0.15, -0.1) is 0 Å². The van der Waals surface area contributed by atoms with Crippen molar-refractivity contribution in [3.8, 4) is 0 Å². The Morgan fingerprint density at radius 3 is 2.69 bits per heavy atom. The minimum Gasteiger partial charge on any atom is -0.396 e. The van der Waals surface area contributed by atoms with Crippen molar-refractivity contribution in [1.82, 2.24) is 0 Å². The fraction of sp³-hybridized carbons (Fsp3) is 0.333. The van der Waals surface area contributed by atoms with Crippen LogP contribution >= 0.6 is 0 Å². The maximum absolute atomic E-state index is 8.84. The quantitative estimate of drug-likeness (QED) is 0.745. The van der Waals surface area contributed by atoms with Crippen LogP contribution in [-0.2, 0) is 0 Å². The summed E-state index contributed by atoms with van der Waals surface area (Å²) in [6, 6.07) is 10.3. The second-order valence-corrected chi connectivity index (χ2v) is 3.61. The Kier molecular flexibility index (Phi) is 2.46. The van der Waals surface area contributed by atoms with Crippen LogP contribution in [0.4, 0.5) is 0 Å². The molecule has 0 spiro atoms. The van der Waals surface area contributed by atoms with Crippen LogP contribution in [-0.4, -0.2) is 11.7 Å². The molecule has 0 heterocycles. The third-order valence-electron chi connectivity index (χ3n) is 2.55. The lowest BCUT2D eigenvalue weighted by Gasteiger charge is -1.90. The molecule has 1 aromatic rings. The van der Waals surface area contributed by atoms with E-state index in [4.69, 9.17) is 5.11 Å². The molecule has 13 heavy (non-hydrogen) atoms. The van der Waals surface area contributed by atoms with Crippen LogP contribution < -0.4 is 0 Å². The zero-order chi connectivity index (χ0) is 9.10. The highest BCUT2D eigenvalue weighted by Gasteiger charge is 2.33. The summed E-state index contributed by atoms with van der Waals surface area (Å²) in [6.45, 7) is 0.337. The standard InChI is InChI=1S/C12H14O/c13-9-12-8-11(12)7-6-10-4-2-1-3-5-10/h1-7,11-13H,8-9H2/b7-6+. The fourth-order valence-corrected chi connectivity index (χ4v) is 1.52. The molecule has 1 aromatic carbocycles. The van der Waals surface area contributed by atoms with Crippen LogP contribution in [0.3, 0.4) is 0 Å². The third-order valence-corrected chi connectivity index (χ3v) is 2.55. The predicted molar refractivity (Wildman–Crippen MR) is 54.2 cm³/mol. The van der Waals surface area contributed by atoms with Crippen molar-refractivity contribution < 1.29 is 5.11 Å². The van der Waals surface area contributed by atoms with Gasteiger partial charge in [0.25, 0.3) is 0 Å². The van der Waals surface area contributed by atoms with Gasteiger partial charge in [-0.05, 0) is 23.8 Å². The number of aliphatic hydroxyl groups excluding tert-OH is 1. The van der Waals surface area contributed by atoms with E-state index in [1.165, 1.54) is 5.56 Å². The van der Waals surface area contributed by atoms with Crippen LogP contribution in [0.25, 0.3) is 6.08 Å². The Morgan fingerprint density at radius 2 is 2.08 bits per heavy atom. The van der Waals surface area contributed by atoms with Crippen LogP contribution in [0.1, 0.15) is 12.0 Å². The van der Waals surface area contributed by atoms with E-state index < -0.39 is 0 Å². The topological polar surface area (TPSA) is 20.2 Å². The van der Waals surface area contributed by atoms with Gasteiger partial charge in [0.15, 0.2) is 0 Å². The van der Waals surface area contributed by atoms with Crippen molar-refractivity contribution in [1.29, 1.82) is 0 Å². The van der Waals surface area contributed by atoms with E-state index in [1.54, 1.807) is 0 Å². The average Bonchev–Trinajstić information content (AvgIpc) is 2.95. The Hall–Kier alpha value is -1.08. The summed E-state index contributed by atoms with van der Waals surface area (Å²) in [5, 5.41) is 8.84. The molecule has 2 unspecified atom stereocenters. The summed E-state index contributed by atoms with van der Waals surface area (Å²) in [5.41, 5.74) is 1.24. The molecule has 1 heteroatoms. The number of rotatable bonds is 3. The molecule has 1 nitrogen and oxygen atoms in total. The van der Waals surface area contributed by atoms with Gasteiger partial charge < -0.3 is 5.11 Å². The zero-order valence-electron chi connectivity index (χ0n) is 7.56. The van der Waals surface area contributed by atoms with E-state index in [1.807, 2.05) is 18.2 Å². The van der Waals surface area contributed by atoms with Gasteiger partial charge >= 0.3 is 0 Å². The Bertz CT molecular complexity index is 289. The smallest absolute Gasteiger partial charge is 0.0465 e. The molecule has 1 fully saturated rings. The predicted octanol–water partition coefficient (Wildman–Crippen LogP) is 2.33. The van der Waals surface area contributed by atoms with E-state index in [-0.39, 0.29) is 0 Å². The lowest BCUT2D eigenvalue weighted by molar-refractivity contribution is 0.272. The van der Waals surface area contributed by atoms with E-state index in [0.717, 1.165) is 6.42 Å². The average molecular weight is 174 g/mol. The van der Waals surface area contributed by atoms with Crippen LogP contribution in [0.2, 0.25) is 0 Å². The minimum atomic E-state index is 0.337. The van der Waals surface area contributed by atoms with E-state index in [9.17, 15) is 0 Å². The van der Waals surface area contributed by atoms with Crippen molar-refractivity contribution >= 4 is 6.08 Å². The molecule has 0 aliphatic heterocycles. The Balaban J connectivity index is 1.92. The summed E-state index contributed by atoms with van der Waals surface area (Å²) in [4.78, 5) is 0. The van der Waals surface area contributed by atoms with Crippen LogP contribution in [0.5, 0.6) is 0 Å². The van der Waals surface area contributed by atoms with Crippen LogP contribution in [0, 0.1) is 11.8 Å². The molecule has 0 radical (unpaired) electrons. The molecule has 1 aliphatic rings. The molecule has 0 aromatic heterocycles. The molecule has 1 saturated carbocycles. The van der Waals surface area contributed by atoms with Gasteiger partial charge in [0, 0.05) is 6.61 Å². The van der Waals surface area contributed by atoms with Gasteiger partial charge in [-0.2, -0.15) is 0 Å². The second-order valence-electron chi connectivity index (χ2n) is 3.61. The van der Waals surface area contributed by atoms with Gasteiger partial charge in [-0.3, -0.25) is 0 Å². The first-order chi connectivity index (χ1) is 6.40. The molecule has 0 saturated heterocycles. The maximum Gasteiger partial charge on any atom is 0.0465 e. The normalized spacial score (nSPS) is 26.5. The van der Waals surface area contributed by atoms with Gasteiger partial charge in [0.1, 0.15) is 0 Å². The van der Waals surface area contributed by atoms with Crippen LogP contribution in [0.15, 0.2) is 36.4 Å². The van der Waals surface area contributed by atoms with E-state index in [2.05, 4.69) is 24.3 Å². The monoisotopic (exact) mass is 174 g/mol. The first-order valence-corrected chi connectivity index (χ1v) is 4.74. The molecule has 2 atom stereocenters. The van der Waals surface area contributed by atoms with Crippen molar-refractivity contribution in [3.05, 3.63) is 42.0 Å². The third kappa shape index (κ3) is 2.19. The summed E-state index contributed by atoms with van der Waals surface area (Å²) < 4.78 is 0.